The van der Waals surface area contributed by atoms with Gasteiger partial charge in [-0.05, 0) is 60.3 Å². The van der Waals surface area contributed by atoms with Crippen molar-refractivity contribution in [2.24, 2.45) is 22.2 Å². The molecule has 0 aliphatic heterocycles. The number of benzene rings is 1. The molecule has 0 bridgehead atoms. The fraction of sp³-hybridized carbons (Fsp3) is 0.593. The molecule has 0 aromatic heterocycles. The van der Waals surface area contributed by atoms with Gasteiger partial charge in [0.15, 0.2) is 0 Å². The van der Waals surface area contributed by atoms with Crippen LogP contribution in [0.3, 0.4) is 0 Å². The second-order valence-electron chi connectivity index (χ2n) is 10.3. The van der Waals surface area contributed by atoms with E-state index >= 15 is 0 Å². The largest absolute Gasteiger partial charge is 0.478 e. The summed E-state index contributed by atoms with van der Waals surface area (Å²) in [5, 5.41) is 31.1. The van der Waals surface area contributed by atoms with Crippen molar-refractivity contribution in [1.82, 2.24) is 0 Å². The van der Waals surface area contributed by atoms with Crippen molar-refractivity contribution < 1.29 is 29.7 Å². The number of carbonyl (C=O) groups is 2. The van der Waals surface area contributed by atoms with E-state index < -0.39 is 11.9 Å². The minimum atomic E-state index is -1.26. The van der Waals surface area contributed by atoms with Crippen LogP contribution in [0.4, 0.5) is 0 Å². The van der Waals surface area contributed by atoms with Crippen LogP contribution in [0, 0.1) is 11.3 Å². The maximum Gasteiger partial charge on any atom is 0.328 e. The number of carboxylic acid groups (broad SMARTS) is 2. The Balaban J connectivity index is 0.000000466. The number of carboxylic acids is 2. The summed E-state index contributed by atoms with van der Waals surface area (Å²) < 4.78 is 0. The topological polar surface area (TPSA) is 142 Å². The van der Waals surface area contributed by atoms with Crippen LogP contribution in [0.1, 0.15) is 76.0 Å². The van der Waals surface area contributed by atoms with Gasteiger partial charge >= 0.3 is 11.9 Å². The van der Waals surface area contributed by atoms with E-state index in [-0.39, 0.29) is 22.9 Å². The number of fused-ring (bicyclic) bond motifs is 3. The molecule has 8 heteroatoms. The van der Waals surface area contributed by atoms with Gasteiger partial charge in [-0.15, -0.1) is 0 Å². The number of aliphatic carboxylic acids is 2. The minimum absolute atomic E-state index is 0.0290. The summed E-state index contributed by atoms with van der Waals surface area (Å²) in [5.41, 5.74) is 9.43. The number of hydrogen-bond acceptors (Lipinski definition) is 6. The molecule has 1 unspecified atom stereocenters. The highest BCUT2D eigenvalue weighted by Gasteiger charge is 2.55. The number of nitrogens with two attached hydrogens (primary N) is 1. The second kappa shape index (κ2) is 12.3. The lowest BCUT2D eigenvalue weighted by molar-refractivity contribution is -0.134. The van der Waals surface area contributed by atoms with E-state index in [2.05, 4.69) is 51.0 Å². The number of aliphatic hydroxyl groups excluding tert-OH is 1. The van der Waals surface area contributed by atoms with Crippen molar-refractivity contribution in [2.45, 2.75) is 77.2 Å². The third-order valence-electron chi connectivity index (χ3n) is 7.26. The first-order chi connectivity index (χ1) is 16.4. The van der Waals surface area contributed by atoms with Crippen LogP contribution in [-0.4, -0.2) is 52.7 Å². The summed E-state index contributed by atoms with van der Waals surface area (Å²) in [6, 6.07) is 6.92. The Bertz CT molecular complexity index is 928. The second-order valence-corrected chi connectivity index (χ2v) is 10.3. The van der Waals surface area contributed by atoms with Gasteiger partial charge in [-0.25, -0.2) is 9.59 Å². The summed E-state index contributed by atoms with van der Waals surface area (Å²) in [6.07, 6.45) is 7.54. The first kappa shape index (κ1) is 28.5. The minimum Gasteiger partial charge on any atom is -0.478 e. The molecular weight excluding hydrogens is 448 g/mol. The summed E-state index contributed by atoms with van der Waals surface area (Å²) in [4.78, 5) is 24.5. The summed E-state index contributed by atoms with van der Waals surface area (Å²) in [5.74, 6) is -1.86. The Morgan fingerprint density at radius 3 is 2.43 bits per heavy atom. The molecule has 0 heterocycles. The molecule has 35 heavy (non-hydrogen) atoms. The molecule has 0 spiro atoms. The average molecular weight is 489 g/mol. The number of rotatable bonds is 8. The molecule has 4 atom stereocenters. The summed E-state index contributed by atoms with van der Waals surface area (Å²) in [6.45, 7) is 10.2. The van der Waals surface area contributed by atoms with Crippen LogP contribution in [0.2, 0.25) is 0 Å². The average Bonchev–Trinajstić information content (AvgIpc) is 2.77. The number of hydrogen-bond donors (Lipinski definition) is 4. The van der Waals surface area contributed by atoms with Gasteiger partial charge in [0.25, 0.3) is 0 Å². The fourth-order valence-electron chi connectivity index (χ4n) is 5.73. The molecule has 1 aromatic rings. The van der Waals surface area contributed by atoms with E-state index in [1.54, 1.807) is 0 Å². The highest BCUT2D eigenvalue weighted by molar-refractivity contribution is 5.89. The smallest absolute Gasteiger partial charge is 0.328 e. The molecule has 194 valence electrons. The van der Waals surface area contributed by atoms with Crippen LogP contribution in [0.5, 0.6) is 0 Å². The molecule has 0 amide bonds. The number of aliphatic hydroxyl groups is 1. The standard InChI is InChI=1S/C23H36N2O2.C4H4O4/c1-16(2)17-7-8-19-18(13-17)14-20(26)21-22(3,9-5-10-23(19,21)4)15-25-27-12-6-11-24;5-3(6)1-2-4(7)8/h7-8,13,15-16,20-21,26H,5-6,9-12,14,24H2,1-4H3;1-2H,(H,5,6)(H,7,8)/b25-15+;2-1+/t20-,21?,22+,23+;/m0./s1. The van der Waals surface area contributed by atoms with Crippen molar-refractivity contribution >= 4 is 18.2 Å². The van der Waals surface area contributed by atoms with E-state index in [9.17, 15) is 14.7 Å². The van der Waals surface area contributed by atoms with Crippen molar-refractivity contribution in [3.8, 4) is 0 Å². The Hall–Kier alpha value is -2.71. The predicted molar refractivity (Wildman–Crippen MR) is 136 cm³/mol. The Labute approximate surface area is 207 Å². The molecule has 1 saturated carbocycles. The van der Waals surface area contributed by atoms with Crippen molar-refractivity contribution in [3.05, 3.63) is 47.0 Å². The van der Waals surface area contributed by atoms with Gasteiger partial charge < -0.3 is 25.9 Å². The molecule has 3 rings (SSSR count). The molecule has 0 saturated heterocycles. The van der Waals surface area contributed by atoms with Gasteiger partial charge in [0.05, 0.1) is 12.3 Å². The van der Waals surface area contributed by atoms with E-state index in [1.807, 2.05) is 6.21 Å². The molecule has 8 nitrogen and oxygen atoms in total. The van der Waals surface area contributed by atoms with Crippen LogP contribution in [0.25, 0.3) is 0 Å². The molecule has 2 aliphatic carbocycles. The van der Waals surface area contributed by atoms with Gasteiger partial charge in [-0.2, -0.15) is 0 Å². The lowest BCUT2D eigenvalue weighted by Crippen LogP contribution is -2.56. The SMILES string of the molecule is CC(C)c1ccc2c(c1)C[C@H](O)C1[C@@](C)(/C=N/OCCCN)CCC[C@]21C.O=C(O)/C=C/C(=O)O. The number of nitrogens with zero attached hydrogens (tertiary/aromatic N) is 1. The van der Waals surface area contributed by atoms with E-state index in [1.165, 1.54) is 16.7 Å². The Kier molecular flexibility index (Phi) is 10.0. The van der Waals surface area contributed by atoms with Crippen molar-refractivity contribution in [1.29, 1.82) is 0 Å². The third-order valence-corrected chi connectivity index (χ3v) is 7.26. The maximum atomic E-state index is 11.2. The molecule has 0 radical (unpaired) electrons. The van der Waals surface area contributed by atoms with Gasteiger partial charge in [-0.3, -0.25) is 0 Å². The molecule has 1 fully saturated rings. The summed E-state index contributed by atoms with van der Waals surface area (Å²) in [7, 11) is 0. The van der Waals surface area contributed by atoms with Crippen molar-refractivity contribution in [3.63, 3.8) is 0 Å². The van der Waals surface area contributed by atoms with Gasteiger partial charge in [0.2, 0.25) is 0 Å². The van der Waals surface area contributed by atoms with Crippen LogP contribution in [-0.2, 0) is 26.3 Å². The third kappa shape index (κ3) is 7.15. The molecule has 2 aliphatic rings. The van der Waals surface area contributed by atoms with Crippen molar-refractivity contribution in [2.75, 3.05) is 13.2 Å². The Morgan fingerprint density at radius 1 is 1.20 bits per heavy atom. The first-order valence-electron chi connectivity index (χ1n) is 12.3. The van der Waals surface area contributed by atoms with Gasteiger partial charge in [0, 0.05) is 23.5 Å². The predicted octanol–water partition coefficient (Wildman–Crippen LogP) is 3.85. The van der Waals surface area contributed by atoms with E-state index in [0.29, 0.717) is 31.2 Å². The monoisotopic (exact) mass is 488 g/mol. The van der Waals surface area contributed by atoms with Gasteiger partial charge in [-0.1, -0.05) is 57.5 Å². The highest BCUT2D eigenvalue weighted by Crippen LogP contribution is 2.56. The Morgan fingerprint density at radius 2 is 1.86 bits per heavy atom. The number of oxime groups is 1. The molecule has 1 aromatic carbocycles. The van der Waals surface area contributed by atoms with Crippen LogP contribution < -0.4 is 5.73 Å². The quantitative estimate of drug-likeness (QED) is 0.188. The lowest BCUT2D eigenvalue weighted by atomic mass is 9.49. The van der Waals surface area contributed by atoms with Crippen LogP contribution >= 0.6 is 0 Å². The first-order valence-corrected chi connectivity index (χ1v) is 12.3. The zero-order chi connectivity index (χ0) is 26.2. The van der Waals surface area contributed by atoms with E-state index in [0.717, 1.165) is 32.1 Å². The fourth-order valence-corrected chi connectivity index (χ4v) is 5.73. The van der Waals surface area contributed by atoms with Crippen LogP contribution in [0.15, 0.2) is 35.5 Å². The van der Waals surface area contributed by atoms with E-state index in [4.69, 9.17) is 20.8 Å². The highest BCUT2D eigenvalue weighted by atomic mass is 16.6. The lowest BCUT2D eigenvalue weighted by Gasteiger charge is -2.56. The van der Waals surface area contributed by atoms with Gasteiger partial charge in [0.1, 0.15) is 6.61 Å². The molecular formula is C27H40N2O6. The normalized spacial score (nSPS) is 27.7. The maximum absolute atomic E-state index is 11.2. The molecule has 5 N–H and O–H groups in total. The summed E-state index contributed by atoms with van der Waals surface area (Å²) >= 11 is 0. The zero-order valence-corrected chi connectivity index (χ0v) is 21.2. The zero-order valence-electron chi connectivity index (χ0n) is 21.2.